The summed E-state index contributed by atoms with van der Waals surface area (Å²) in [5.74, 6) is -1.97. The van der Waals surface area contributed by atoms with Crippen molar-refractivity contribution >= 4 is 40.7 Å². The van der Waals surface area contributed by atoms with E-state index in [9.17, 15) is 19.8 Å². The van der Waals surface area contributed by atoms with Crippen LogP contribution in [0.25, 0.3) is 5.76 Å². The molecule has 176 valence electrons. The molecule has 8 nitrogen and oxygen atoms in total. The van der Waals surface area contributed by atoms with Crippen molar-refractivity contribution in [1.29, 1.82) is 0 Å². The highest BCUT2D eigenvalue weighted by atomic mass is 35.5. The molecule has 0 aromatic heterocycles. The number of hydrogen-bond donors (Lipinski definition) is 2. The first-order chi connectivity index (χ1) is 15.7. The number of methoxy groups -OCH3 is 3. The number of hydrogen-bond acceptors (Lipinski definition) is 7. The highest BCUT2D eigenvalue weighted by Gasteiger charge is 2.46. The van der Waals surface area contributed by atoms with Crippen molar-refractivity contribution < 1.29 is 34.0 Å². The normalized spacial score (nSPS) is 17.4. The van der Waals surface area contributed by atoms with E-state index >= 15 is 0 Å². The Hall–Kier alpha value is -3.10. The van der Waals surface area contributed by atoms with E-state index in [0.717, 1.165) is 0 Å². The third-order valence-electron chi connectivity index (χ3n) is 5.32. The number of phenols is 1. The van der Waals surface area contributed by atoms with Gasteiger partial charge in [0.2, 0.25) is 0 Å². The van der Waals surface area contributed by atoms with E-state index in [1.54, 1.807) is 6.07 Å². The number of ether oxygens (including phenoxy) is 3. The number of aromatic hydroxyl groups is 1. The largest absolute Gasteiger partial charge is 0.507 e. The van der Waals surface area contributed by atoms with Crippen LogP contribution in [-0.4, -0.2) is 54.7 Å². The fourth-order valence-electron chi connectivity index (χ4n) is 3.87. The predicted molar refractivity (Wildman–Crippen MR) is 124 cm³/mol. The number of amides is 1. The maximum atomic E-state index is 13.1. The molecule has 0 radical (unpaired) electrons. The average molecular weight is 496 g/mol. The van der Waals surface area contributed by atoms with Gasteiger partial charge in [0.15, 0.2) is 23.0 Å². The molecule has 1 saturated heterocycles. The zero-order chi connectivity index (χ0) is 24.4. The monoisotopic (exact) mass is 495 g/mol. The predicted octanol–water partition coefficient (Wildman–Crippen LogP) is 4.56. The maximum absolute atomic E-state index is 13.1. The molecule has 0 aliphatic carbocycles. The van der Waals surface area contributed by atoms with Crippen molar-refractivity contribution in [3.63, 3.8) is 0 Å². The first-order valence-corrected chi connectivity index (χ1v) is 10.7. The fourth-order valence-corrected chi connectivity index (χ4v) is 4.55. The van der Waals surface area contributed by atoms with E-state index in [0.29, 0.717) is 12.0 Å². The van der Waals surface area contributed by atoms with Gasteiger partial charge in [-0.15, -0.1) is 0 Å². The molecule has 1 aliphatic heterocycles. The topological polar surface area (TPSA) is 106 Å². The van der Waals surface area contributed by atoms with Crippen LogP contribution < -0.4 is 14.2 Å². The number of ketones is 1. The highest BCUT2D eigenvalue weighted by Crippen LogP contribution is 2.47. The Morgan fingerprint density at radius 1 is 1.06 bits per heavy atom. The van der Waals surface area contributed by atoms with Gasteiger partial charge in [0.05, 0.1) is 43.5 Å². The van der Waals surface area contributed by atoms with Crippen molar-refractivity contribution in [2.75, 3.05) is 27.9 Å². The second-order valence-corrected chi connectivity index (χ2v) is 8.00. The van der Waals surface area contributed by atoms with Gasteiger partial charge in [-0.2, -0.15) is 0 Å². The molecule has 2 N–H and O–H groups in total. The number of carbonyl (C=O) groups is 2. The molecule has 1 fully saturated rings. The van der Waals surface area contributed by atoms with Gasteiger partial charge in [-0.25, -0.2) is 0 Å². The molecule has 0 spiro atoms. The summed E-state index contributed by atoms with van der Waals surface area (Å²) in [6.07, 6.45) is 0.565. The standard InChI is InChI=1S/C23H23Cl2NO7/c1-5-8-26-18(11-6-7-15(31-2)14(27)9-11)16(20(29)23(26)30)19(28)12-10-13(24)22(33-4)17(25)21(12)32-3/h6-7,9-10,18,27-28H,5,8H2,1-4H3/b19-16+. The van der Waals surface area contributed by atoms with Gasteiger partial charge in [0.25, 0.3) is 11.7 Å². The molecule has 1 unspecified atom stereocenters. The minimum atomic E-state index is -0.967. The highest BCUT2D eigenvalue weighted by molar-refractivity contribution is 6.47. The molecule has 10 heteroatoms. The van der Waals surface area contributed by atoms with Crippen LogP contribution in [0.5, 0.6) is 23.0 Å². The summed E-state index contributed by atoms with van der Waals surface area (Å²) in [5, 5.41) is 21.6. The Kier molecular flexibility index (Phi) is 7.29. The molecule has 3 rings (SSSR count). The third kappa shape index (κ3) is 4.16. The van der Waals surface area contributed by atoms with Crippen molar-refractivity contribution in [1.82, 2.24) is 4.90 Å². The number of halogens is 2. The minimum Gasteiger partial charge on any atom is -0.507 e. The molecule has 33 heavy (non-hydrogen) atoms. The van der Waals surface area contributed by atoms with Gasteiger partial charge in [-0.05, 0) is 30.2 Å². The summed E-state index contributed by atoms with van der Waals surface area (Å²) < 4.78 is 15.6. The Morgan fingerprint density at radius 3 is 2.27 bits per heavy atom. The number of Topliss-reactive ketones (excluding diaryl/α,β-unsaturated/α-hetero) is 1. The van der Waals surface area contributed by atoms with Gasteiger partial charge >= 0.3 is 0 Å². The fraction of sp³-hybridized carbons (Fsp3) is 0.304. The lowest BCUT2D eigenvalue weighted by molar-refractivity contribution is -0.139. The van der Waals surface area contributed by atoms with E-state index in [1.807, 2.05) is 6.92 Å². The lowest BCUT2D eigenvalue weighted by Crippen LogP contribution is -2.30. The second-order valence-electron chi connectivity index (χ2n) is 7.21. The molecule has 0 saturated carbocycles. The van der Waals surface area contributed by atoms with Crippen molar-refractivity contribution in [2.24, 2.45) is 0 Å². The van der Waals surface area contributed by atoms with Crippen molar-refractivity contribution in [2.45, 2.75) is 19.4 Å². The summed E-state index contributed by atoms with van der Waals surface area (Å²) in [6.45, 7) is 2.11. The first-order valence-electron chi connectivity index (χ1n) is 9.97. The van der Waals surface area contributed by atoms with Gasteiger partial charge in [-0.3, -0.25) is 9.59 Å². The van der Waals surface area contributed by atoms with Gasteiger partial charge < -0.3 is 29.3 Å². The Labute approximate surface area is 200 Å². The maximum Gasteiger partial charge on any atom is 0.295 e. The molecule has 1 amide bonds. The van der Waals surface area contributed by atoms with Crippen LogP contribution in [0.15, 0.2) is 29.8 Å². The van der Waals surface area contributed by atoms with Crippen LogP contribution in [0, 0.1) is 0 Å². The molecule has 0 bridgehead atoms. The number of carbonyl (C=O) groups excluding carboxylic acids is 2. The third-order valence-corrected chi connectivity index (χ3v) is 5.94. The minimum absolute atomic E-state index is 0.00419. The van der Waals surface area contributed by atoms with E-state index in [4.69, 9.17) is 37.4 Å². The number of likely N-dealkylation sites (tertiary alicyclic amines) is 1. The summed E-state index contributed by atoms with van der Waals surface area (Å²) in [6, 6.07) is 4.88. The Balaban J connectivity index is 2.31. The quantitative estimate of drug-likeness (QED) is 0.329. The van der Waals surface area contributed by atoms with Crippen LogP contribution >= 0.6 is 23.2 Å². The summed E-state index contributed by atoms with van der Waals surface area (Å²) in [7, 11) is 4.11. The molecular formula is C23H23Cl2NO7. The molecule has 1 atom stereocenters. The van der Waals surface area contributed by atoms with Crippen molar-refractivity contribution in [3.8, 4) is 23.0 Å². The van der Waals surface area contributed by atoms with E-state index < -0.39 is 23.5 Å². The van der Waals surface area contributed by atoms with Gasteiger partial charge in [0.1, 0.15) is 10.8 Å². The number of nitrogens with zero attached hydrogens (tertiary/aromatic N) is 1. The van der Waals surface area contributed by atoms with Gasteiger partial charge in [-0.1, -0.05) is 36.2 Å². The van der Waals surface area contributed by atoms with E-state index in [1.165, 1.54) is 44.4 Å². The number of phenolic OH excluding ortho intramolecular Hbond substituents is 1. The molecule has 1 heterocycles. The molecule has 1 aliphatic rings. The Morgan fingerprint density at radius 2 is 1.73 bits per heavy atom. The molecule has 2 aromatic carbocycles. The second kappa shape index (κ2) is 9.80. The van der Waals surface area contributed by atoms with Gasteiger partial charge in [0, 0.05) is 6.54 Å². The van der Waals surface area contributed by atoms with Crippen LogP contribution in [-0.2, 0) is 9.59 Å². The number of aliphatic hydroxyl groups is 1. The average Bonchev–Trinajstić information content (AvgIpc) is 3.03. The number of aliphatic hydroxyl groups excluding tert-OH is 1. The van der Waals surface area contributed by atoms with Crippen LogP contribution in [0.1, 0.15) is 30.5 Å². The lowest BCUT2D eigenvalue weighted by Gasteiger charge is -2.25. The smallest absolute Gasteiger partial charge is 0.295 e. The Bertz CT molecular complexity index is 1150. The van der Waals surface area contributed by atoms with Crippen LogP contribution in [0.4, 0.5) is 0 Å². The van der Waals surface area contributed by atoms with E-state index in [2.05, 4.69) is 0 Å². The van der Waals surface area contributed by atoms with E-state index in [-0.39, 0.29) is 50.7 Å². The number of rotatable bonds is 7. The zero-order valence-corrected chi connectivity index (χ0v) is 20.0. The molecule has 2 aromatic rings. The zero-order valence-electron chi connectivity index (χ0n) is 18.4. The van der Waals surface area contributed by atoms with Crippen LogP contribution in [0.3, 0.4) is 0 Å². The van der Waals surface area contributed by atoms with Crippen LogP contribution in [0.2, 0.25) is 10.0 Å². The van der Waals surface area contributed by atoms with Crippen molar-refractivity contribution in [3.05, 3.63) is 51.0 Å². The SMILES string of the molecule is CCCN1C(=O)C(=O)/C(=C(/O)c2cc(Cl)c(OC)c(Cl)c2OC)C1c1ccc(OC)c(O)c1. The first kappa shape index (κ1) is 24.5. The molecular weight excluding hydrogens is 473 g/mol. The summed E-state index contributed by atoms with van der Waals surface area (Å²) in [5.41, 5.74) is 0.242. The number of benzene rings is 2. The summed E-state index contributed by atoms with van der Waals surface area (Å²) in [4.78, 5) is 27.3. The lowest BCUT2D eigenvalue weighted by atomic mass is 9.94. The summed E-state index contributed by atoms with van der Waals surface area (Å²) >= 11 is 12.6.